The summed E-state index contributed by atoms with van der Waals surface area (Å²) >= 11 is 6.09. The smallest absolute Gasteiger partial charge is 0.238 e. The Labute approximate surface area is 136 Å². The number of aryl methyl sites for hydroxylation is 1. The monoisotopic (exact) mass is 338 g/mol. The molecule has 2 aromatic rings. The van der Waals surface area contributed by atoms with Crippen LogP contribution in [-0.4, -0.2) is 15.0 Å². The fraction of sp³-hybridized carbons (Fsp3) is 0.250. The number of hydrogen-bond donors (Lipinski definition) is 2. The number of halogens is 1. The van der Waals surface area contributed by atoms with Crippen molar-refractivity contribution in [2.45, 2.75) is 24.8 Å². The van der Waals surface area contributed by atoms with E-state index in [1.54, 1.807) is 12.1 Å². The average Bonchev–Trinajstić information content (AvgIpc) is 2.47. The van der Waals surface area contributed by atoms with Gasteiger partial charge in [-0.15, -0.1) is 0 Å². The second-order valence-corrected chi connectivity index (χ2v) is 7.17. The molecular weight excluding hydrogens is 320 g/mol. The molecule has 0 aliphatic carbocycles. The summed E-state index contributed by atoms with van der Waals surface area (Å²) in [5.74, 6) is 0. The first-order chi connectivity index (χ1) is 10.4. The predicted octanol–water partition coefficient (Wildman–Crippen LogP) is 2.63. The standard InChI is InChI=1S/C16H19ClN2O2S/c1-12-2-3-14(10-16(12)17)11-19-9-8-13-4-6-15(7-5-13)22(18,20)21/h2-7,10,19H,8-9,11H2,1H3,(H2,18,20,21). The normalized spacial score (nSPS) is 11.6. The molecule has 0 bridgehead atoms. The molecule has 4 nitrogen and oxygen atoms in total. The third-order valence-corrected chi connectivity index (χ3v) is 4.74. The summed E-state index contributed by atoms with van der Waals surface area (Å²) in [5, 5.41) is 9.18. The van der Waals surface area contributed by atoms with Crippen molar-refractivity contribution >= 4 is 21.6 Å². The van der Waals surface area contributed by atoms with Gasteiger partial charge in [-0.2, -0.15) is 0 Å². The largest absolute Gasteiger partial charge is 0.312 e. The minimum atomic E-state index is -3.62. The van der Waals surface area contributed by atoms with E-state index in [9.17, 15) is 8.42 Å². The lowest BCUT2D eigenvalue weighted by atomic mass is 10.1. The van der Waals surface area contributed by atoms with Crippen molar-refractivity contribution in [3.05, 3.63) is 64.2 Å². The van der Waals surface area contributed by atoms with Gasteiger partial charge >= 0.3 is 0 Å². The van der Waals surface area contributed by atoms with Crippen LogP contribution in [0.1, 0.15) is 16.7 Å². The van der Waals surface area contributed by atoms with Gasteiger partial charge in [0.25, 0.3) is 0 Å². The molecule has 2 rings (SSSR count). The lowest BCUT2D eigenvalue weighted by Crippen LogP contribution is -2.17. The summed E-state index contributed by atoms with van der Waals surface area (Å²) in [6, 6.07) is 12.6. The number of hydrogen-bond acceptors (Lipinski definition) is 3. The molecule has 0 aliphatic rings. The van der Waals surface area contributed by atoms with Crippen LogP contribution in [0.25, 0.3) is 0 Å². The highest BCUT2D eigenvalue weighted by atomic mass is 35.5. The first kappa shape index (κ1) is 17.0. The van der Waals surface area contributed by atoms with Gasteiger partial charge in [-0.1, -0.05) is 35.9 Å². The van der Waals surface area contributed by atoms with Crippen LogP contribution in [0.3, 0.4) is 0 Å². The van der Waals surface area contributed by atoms with Crippen molar-refractivity contribution < 1.29 is 8.42 Å². The van der Waals surface area contributed by atoms with E-state index in [2.05, 4.69) is 11.4 Å². The molecule has 0 unspecified atom stereocenters. The Hall–Kier alpha value is -1.40. The summed E-state index contributed by atoms with van der Waals surface area (Å²) in [5.41, 5.74) is 3.27. The van der Waals surface area contributed by atoms with Gasteiger partial charge in [0.05, 0.1) is 4.90 Å². The highest BCUT2D eigenvalue weighted by Gasteiger charge is 2.06. The van der Waals surface area contributed by atoms with Gasteiger partial charge in [-0.05, 0) is 54.8 Å². The van der Waals surface area contributed by atoms with E-state index < -0.39 is 10.0 Å². The zero-order chi connectivity index (χ0) is 16.2. The third kappa shape index (κ3) is 4.81. The summed E-state index contributed by atoms with van der Waals surface area (Å²) in [6.45, 7) is 3.51. The van der Waals surface area contributed by atoms with Crippen molar-refractivity contribution in [3.8, 4) is 0 Å². The van der Waals surface area contributed by atoms with E-state index in [1.165, 1.54) is 12.1 Å². The van der Waals surface area contributed by atoms with Gasteiger partial charge in [-0.3, -0.25) is 0 Å². The Morgan fingerprint density at radius 1 is 1.09 bits per heavy atom. The molecule has 3 N–H and O–H groups in total. The van der Waals surface area contributed by atoms with Crippen LogP contribution < -0.4 is 10.5 Å². The zero-order valence-corrected chi connectivity index (χ0v) is 13.9. The van der Waals surface area contributed by atoms with Crippen LogP contribution in [0.2, 0.25) is 5.02 Å². The highest BCUT2D eigenvalue weighted by molar-refractivity contribution is 7.89. The van der Waals surface area contributed by atoms with E-state index in [1.807, 2.05) is 19.1 Å². The molecule has 0 aliphatic heterocycles. The van der Waals surface area contributed by atoms with Crippen LogP contribution in [0.4, 0.5) is 0 Å². The summed E-state index contributed by atoms with van der Waals surface area (Å²) in [7, 11) is -3.62. The Kier molecular flexibility index (Phi) is 5.58. The maximum Gasteiger partial charge on any atom is 0.238 e. The van der Waals surface area contributed by atoms with Gasteiger partial charge in [0.15, 0.2) is 0 Å². The van der Waals surface area contributed by atoms with Gasteiger partial charge in [0, 0.05) is 11.6 Å². The van der Waals surface area contributed by atoms with Crippen LogP contribution >= 0.6 is 11.6 Å². The fourth-order valence-corrected chi connectivity index (χ4v) is 2.78. The van der Waals surface area contributed by atoms with E-state index in [0.29, 0.717) is 0 Å². The second kappa shape index (κ2) is 7.24. The molecule has 0 saturated carbocycles. The maximum atomic E-state index is 11.2. The van der Waals surface area contributed by atoms with E-state index in [-0.39, 0.29) is 4.90 Å². The molecule has 22 heavy (non-hydrogen) atoms. The van der Waals surface area contributed by atoms with Crippen LogP contribution in [0.5, 0.6) is 0 Å². The Morgan fingerprint density at radius 3 is 2.32 bits per heavy atom. The quantitative estimate of drug-likeness (QED) is 0.795. The molecular formula is C16H19ClN2O2S. The third-order valence-electron chi connectivity index (χ3n) is 3.41. The van der Waals surface area contributed by atoms with Crippen molar-refractivity contribution in [1.29, 1.82) is 0 Å². The highest BCUT2D eigenvalue weighted by Crippen LogP contribution is 2.16. The maximum absolute atomic E-state index is 11.2. The molecule has 0 spiro atoms. The van der Waals surface area contributed by atoms with Crippen LogP contribution in [-0.2, 0) is 23.0 Å². The number of benzene rings is 2. The minimum absolute atomic E-state index is 0.138. The second-order valence-electron chi connectivity index (χ2n) is 5.20. The number of sulfonamides is 1. The van der Waals surface area contributed by atoms with Gasteiger partial charge in [0.1, 0.15) is 0 Å². The van der Waals surface area contributed by atoms with Crippen molar-refractivity contribution in [3.63, 3.8) is 0 Å². The number of primary sulfonamides is 1. The minimum Gasteiger partial charge on any atom is -0.312 e. The topological polar surface area (TPSA) is 72.2 Å². The summed E-state index contributed by atoms with van der Waals surface area (Å²) in [4.78, 5) is 0.138. The Morgan fingerprint density at radius 2 is 1.73 bits per heavy atom. The van der Waals surface area contributed by atoms with E-state index in [0.717, 1.165) is 41.2 Å². The summed E-state index contributed by atoms with van der Waals surface area (Å²) in [6.07, 6.45) is 0.810. The molecule has 118 valence electrons. The average molecular weight is 339 g/mol. The van der Waals surface area contributed by atoms with Crippen molar-refractivity contribution in [1.82, 2.24) is 5.32 Å². The first-order valence-electron chi connectivity index (χ1n) is 6.94. The number of nitrogens with one attached hydrogen (secondary N) is 1. The molecule has 2 aromatic carbocycles. The van der Waals surface area contributed by atoms with Crippen molar-refractivity contribution in [2.75, 3.05) is 6.54 Å². The van der Waals surface area contributed by atoms with E-state index in [4.69, 9.17) is 16.7 Å². The summed E-state index contributed by atoms with van der Waals surface area (Å²) < 4.78 is 22.3. The van der Waals surface area contributed by atoms with Crippen LogP contribution in [0.15, 0.2) is 47.4 Å². The predicted molar refractivity (Wildman–Crippen MR) is 89.4 cm³/mol. The van der Waals surface area contributed by atoms with Gasteiger partial charge in [0.2, 0.25) is 10.0 Å². The van der Waals surface area contributed by atoms with Crippen LogP contribution in [0, 0.1) is 6.92 Å². The molecule has 0 amide bonds. The molecule has 0 saturated heterocycles. The fourth-order valence-electron chi connectivity index (χ4n) is 2.06. The molecule has 0 fully saturated rings. The van der Waals surface area contributed by atoms with Gasteiger partial charge in [-0.25, -0.2) is 13.6 Å². The zero-order valence-electron chi connectivity index (χ0n) is 12.3. The van der Waals surface area contributed by atoms with Crippen molar-refractivity contribution in [2.24, 2.45) is 5.14 Å². The number of nitrogens with two attached hydrogens (primary N) is 1. The molecule has 0 radical (unpaired) electrons. The number of rotatable bonds is 6. The lowest BCUT2D eigenvalue weighted by molar-refractivity contribution is 0.597. The Bertz CT molecular complexity index is 743. The molecule has 6 heteroatoms. The SMILES string of the molecule is Cc1ccc(CNCCc2ccc(S(N)(=O)=O)cc2)cc1Cl. The molecule has 0 heterocycles. The Balaban J connectivity index is 1.82. The lowest BCUT2D eigenvalue weighted by Gasteiger charge is -2.07. The first-order valence-corrected chi connectivity index (χ1v) is 8.86. The molecule has 0 atom stereocenters. The molecule has 0 aromatic heterocycles. The van der Waals surface area contributed by atoms with E-state index >= 15 is 0 Å². The van der Waals surface area contributed by atoms with Gasteiger partial charge < -0.3 is 5.32 Å².